The number of fused-ring (bicyclic) bond motifs is 1. The van der Waals surface area contributed by atoms with Gasteiger partial charge in [0, 0.05) is 11.5 Å². The standard InChI is InChI=1S/C23H22N2O3/c26-22(14-13-18-7-2-1-3-8-18)25-17-23(27)24-15-16-28-21-12-6-10-19-9-4-5-11-20(19)21/h1-14H,15-17H2,(H,24,27)(H,25,26)/b14-13+. The molecule has 0 unspecified atom stereocenters. The maximum atomic E-state index is 11.8. The molecule has 3 aromatic rings. The van der Waals surface area contributed by atoms with Crippen LogP contribution in [0.2, 0.25) is 0 Å². The Kier molecular flexibility index (Phi) is 6.79. The van der Waals surface area contributed by atoms with Crippen molar-refractivity contribution in [3.05, 3.63) is 84.4 Å². The smallest absolute Gasteiger partial charge is 0.244 e. The molecule has 28 heavy (non-hydrogen) atoms. The van der Waals surface area contributed by atoms with E-state index in [1.165, 1.54) is 6.08 Å². The molecule has 142 valence electrons. The molecule has 3 rings (SSSR count). The van der Waals surface area contributed by atoms with Crippen molar-refractivity contribution in [2.24, 2.45) is 0 Å². The molecular weight excluding hydrogens is 352 g/mol. The van der Waals surface area contributed by atoms with E-state index in [-0.39, 0.29) is 18.4 Å². The SMILES string of the molecule is O=C(/C=C/c1ccccc1)NCC(=O)NCCOc1cccc2ccccc12. The van der Waals surface area contributed by atoms with E-state index in [4.69, 9.17) is 4.74 Å². The second-order valence-corrected chi connectivity index (χ2v) is 6.14. The number of rotatable bonds is 8. The second-order valence-electron chi connectivity index (χ2n) is 6.14. The number of hydrogen-bond donors (Lipinski definition) is 2. The maximum Gasteiger partial charge on any atom is 0.244 e. The van der Waals surface area contributed by atoms with Gasteiger partial charge in [-0.3, -0.25) is 9.59 Å². The minimum atomic E-state index is -0.314. The van der Waals surface area contributed by atoms with Gasteiger partial charge in [-0.2, -0.15) is 0 Å². The molecule has 0 bridgehead atoms. The lowest BCUT2D eigenvalue weighted by molar-refractivity contribution is -0.124. The molecule has 5 nitrogen and oxygen atoms in total. The van der Waals surface area contributed by atoms with Crippen LogP contribution in [0.5, 0.6) is 5.75 Å². The van der Waals surface area contributed by atoms with Crippen LogP contribution in [0.25, 0.3) is 16.8 Å². The maximum absolute atomic E-state index is 11.8. The van der Waals surface area contributed by atoms with Crippen LogP contribution in [0.15, 0.2) is 78.9 Å². The van der Waals surface area contributed by atoms with Crippen LogP contribution < -0.4 is 15.4 Å². The largest absolute Gasteiger partial charge is 0.491 e. The molecule has 0 aliphatic heterocycles. The third kappa shape index (κ3) is 5.71. The summed E-state index contributed by atoms with van der Waals surface area (Å²) in [5.41, 5.74) is 0.924. The van der Waals surface area contributed by atoms with Crippen LogP contribution in [0, 0.1) is 0 Å². The first-order valence-corrected chi connectivity index (χ1v) is 9.10. The third-order valence-electron chi connectivity index (χ3n) is 4.08. The average Bonchev–Trinajstić information content (AvgIpc) is 2.74. The fourth-order valence-corrected chi connectivity index (χ4v) is 2.70. The van der Waals surface area contributed by atoms with Crippen molar-refractivity contribution in [1.29, 1.82) is 0 Å². The zero-order valence-corrected chi connectivity index (χ0v) is 15.4. The van der Waals surface area contributed by atoms with Crippen molar-refractivity contribution in [2.75, 3.05) is 19.7 Å². The molecule has 0 aliphatic carbocycles. The Bertz CT molecular complexity index is 963. The van der Waals surface area contributed by atoms with Gasteiger partial charge in [-0.15, -0.1) is 0 Å². The summed E-state index contributed by atoms with van der Waals surface area (Å²) in [5.74, 6) is 0.209. The summed E-state index contributed by atoms with van der Waals surface area (Å²) in [5, 5.41) is 7.43. The van der Waals surface area contributed by atoms with Gasteiger partial charge in [-0.05, 0) is 23.1 Å². The minimum Gasteiger partial charge on any atom is -0.491 e. The molecule has 0 saturated heterocycles. The van der Waals surface area contributed by atoms with Crippen molar-refractivity contribution in [3.63, 3.8) is 0 Å². The van der Waals surface area contributed by atoms with Crippen LogP contribution in [-0.2, 0) is 9.59 Å². The van der Waals surface area contributed by atoms with Crippen LogP contribution in [0.3, 0.4) is 0 Å². The molecule has 0 saturated carbocycles. The van der Waals surface area contributed by atoms with Gasteiger partial charge in [0.2, 0.25) is 11.8 Å². The lowest BCUT2D eigenvalue weighted by atomic mass is 10.1. The van der Waals surface area contributed by atoms with E-state index in [0.29, 0.717) is 13.2 Å². The molecule has 0 atom stereocenters. The molecule has 0 fully saturated rings. The zero-order valence-electron chi connectivity index (χ0n) is 15.4. The number of hydrogen-bond acceptors (Lipinski definition) is 3. The first-order chi connectivity index (χ1) is 13.7. The Labute approximate surface area is 164 Å². The normalized spacial score (nSPS) is 10.7. The molecule has 2 amide bonds. The number of nitrogens with one attached hydrogen (secondary N) is 2. The summed E-state index contributed by atoms with van der Waals surface area (Å²) in [7, 11) is 0. The first-order valence-electron chi connectivity index (χ1n) is 9.10. The van der Waals surface area contributed by atoms with E-state index in [0.717, 1.165) is 22.1 Å². The van der Waals surface area contributed by atoms with Gasteiger partial charge in [0.25, 0.3) is 0 Å². The van der Waals surface area contributed by atoms with Gasteiger partial charge >= 0.3 is 0 Å². The highest BCUT2D eigenvalue weighted by molar-refractivity contribution is 5.94. The third-order valence-corrected chi connectivity index (χ3v) is 4.08. The Balaban J connectivity index is 1.36. The molecule has 3 aromatic carbocycles. The Morgan fingerprint density at radius 3 is 2.46 bits per heavy atom. The lowest BCUT2D eigenvalue weighted by Gasteiger charge is -2.10. The predicted octanol–water partition coefficient (Wildman–Crippen LogP) is 3.16. The van der Waals surface area contributed by atoms with Crippen LogP contribution in [0.4, 0.5) is 0 Å². The summed E-state index contributed by atoms with van der Waals surface area (Å²) in [6.07, 6.45) is 3.11. The fraction of sp³-hybridized carbons (Fsp3) is 0.130. The molecule has 0 aromatic heterocycles. The summed E-state index contributed by atoms with van der Waals surface area (Å²) < 4.78 is 5.77. The lowest BCUT2D eigenvalue weighted by Crippen LogP contribution is -2.37. The van der Waals surface area contributed by atoms with Crippen molar-refractivity contribution < 1.29 is 14.3 Å². The van der Waals surface area contributed by atoms with E-state index >= 15 is 0 Å². The number of amides is 2. The van der Waals surface area contributed by atoms with Crippen LogP contribution >= 0.6 is 0 Å². The van der Waals surface area contributed by atoms with Gasteiger partial charge < -0.3 is 15.4 Å². The molecule has 0 heterocycles. The average molecular weight is 374 g/mol. The monoisotopic (exact) mass is 374 g/mol. The minimum absolute atomic E-state index is 0.0772. The number of ether oxygens (including phenoxy) is 1. The highest BCUT2D eigenvalue weighted by Crippen LogP contribution is 2.24. The van der Waals surface area contributed by atoms with Crippen molar-refractivity contribution >= 4 is 28.7 Å². The van der Waals surface area contributed by atoms with Gasteiger partial charge in [-0.1, -0.05) is 66.7 Å². The first kappa shape index (κ1) is 19.2. The Hall–Kier alpha value is -3.60. The highest BCUT2D eigenvalue weighted by Gasteiger charge is 2.04. The Morgan fingerprint density at radius 1 is 0.857 bits per heavy atom. The summed E-state index contributed by atoms with van der Waals surface area (Å²) in [6, 6.07) is 23.3. The van der Waals surface area contributed by atoms with Gasteiger partial charge in [-0.25, -0.2) is 0 Å². The van der Waals surface area contributed by atoms with E-state index in [2.05, 4.69) is 10.6 Å². The van der Waals surface area contributed by atoms with Crippen molar-refractivity contribution in [3.8, 4) is 5.75 Å². The van der Waals surface area contributed by atoms with Gasteiger partial charge in [0.15, 0.2) is 0 Å². The number of carbonyl (C=O) groups is 2. The fourth-order valence-electron chi connectivity index (χ4n) is 2.70. The summed E-state index contributed by atoms with van der Waals surface area (Å²) in [4.78, 5) is 23.6. The highest BCUT2D eigenvalue weighted by atomic mass is 16.5. The molecule has 0 spiro atoms. The molecule has 5 heteroatoms. The van der Waals surface area contributed by atoms with Crippen molar-refractivity contribution in [2.45, 2.75) is 0 Å². The van der Waals surface area contributed by atoms with E-state index in [1.807, 2.05) is 72.8 Å². The summed E-state index contributed by atoms with van der Waals surface area (Å²) in [6.45, 7) is 0.631. The quantitative estimate of drug-likeness (QED) is 0.470. The number of carbonyl (C=O) groups excluding carboxylic acids is 2. The van der Waals surface area contributed by atoms with E-state index < -0.39 is 0 Å². The zero-order chi connectivity index (χ0) is 19.6. The Morgan fingerprint density at radius 2 is 1.61 bits per heavy atom. The van der Waals surface area contributed by atoms with Crippen molar-refractivity contribution in [1.82, 2.24) is 10.6 Å². The topological polar surface area (TPSA) is 67.4 Å². The van der Waals surface area contributed by atoms with Gasteiger partial charge in [0.05, 0.1) is 13.1 Å². The second kappa shape index (κ2) is 9.92. The predicted molar refractivity (Wildman–Crippen MR) is 111 cm³/mol. The molecule has 0 radical (unpaired) electrons. The van der Waals surface area contributed by atoms with Crippen LogP contribution in [0.1, 0.15) is 5.56 Å². The van der Waals surface area contributed by atoms with E-state index in [1.54, 1.807) is 6.08 Å². The summed E-state index contributed by atoms with van der Waals surface area (Å²) >= 11 is 0. The van der Waals surface area contributed by atoms with Crippen LogP contribution in [-0.4, -0.2) is 31.5 Å². The molecular formula is C23H22N2O3. The number of benzene rings is 3. The van der Waals surface area contributed by atoms with E-state index in [9.17, 15) is 9.59 Å². The molecule has 2 N–H and O–H groups in total. The molecule has 0 aliphatic rings. The van der Waals surface area contributed by atoms with Gasteiger partial charge in [0.1, 0.15) is 12.4 Å².